The Kier molecular flexibility index (Phi) is 4.98. The number of esters is 1. The highest BCUT2D eigenvalue weighted by Crippen LogP contribution is 2.26. The first kappa shape index (κ1) is 15.1. The zero-order valence-corrected chi connectivity index (χ0v) is 11.5. The van der Waals surface area contributed by atoms with E-state index in [4.69, 9.17) is 4.74 Å². The lowest BCUT2D eigenvalue weighted by Crippen LogP contribution is -2.21. The molecule has 0 fully saturated rings. The standard InChI is InChI=1S/C15H18O4/c1-5-13(16)19-8-6-7-12-11(4)14(17)9(2)10(3)15(12)18/h5H,1,6-8H2,2-4H3. The van der Waals surface area contributed by atoms with E-state index in [1.54, 1.807) is 20.8 Å². The molecule has 0 aromatic rings. The molecular formula is C15H18O4. The lowest BCUT2D eigenvalue weighted by molar-refractivity contribution is -0.137. The van der Waals surface area contributed by atoms with Gasteiger partial charge in [0.2, 0.25) is 0 Å². The highest BCUT2D eigenvalue weighted by Gasteiger charge is 2.27. The van der Waals surface area contributed by atoms with Crippen LogP contribution in [0.2, 0.25) is 0 Å². The second kappa shape index (κ2) is 6.27. The van der Waals surface area contributed by atoms with Crippen LogP contribution in [0.1, 0.15) is 33.6 Å². The van der Waals surface area contributed by atoms with Gasteiger partial charge in [0.15, 0.2) is 11.6 Å². The number of ketones is 2. The van der Waals surface area contributed by atoms with Gasteiger partial charge >= 0.3 is 5.97 Å². The molecule has 0 radical (unpaired) electrons. The predicted molar refractivity (Wildman–Crippen MR) is 71.5 cm³/mol. The van der Waals surface area contributed by atoms with Crippen molar-refractivity contribution in [3.05, 3.63) is 34.9 Å². The molecule has 0 heterocycles. The van der Waals surface area contributed by atoms with Crippen LogP contribution in [-0.2, 0) is 19.1 Å². The minimum Gasteiger partial charge on any atom is -0.463 e. The van der Waals surface area contributed by atoms with Crippen LogP contribution < -0.4 is 0 Å². The molecule has 4 nitrogen and oxygen atoms in total. The second-order valence-electron chi connectivity index (χ2n) is 4.49. The van der Waals surface area contributed by atoms with Crippen molar-refractivity contribution in [2.75, 3.05) is 6.61 Å². The van der Waals surface area contributed by atoms with Crippen LogP contribution in [0.15, 0.2) is 34.9 Å². The minimum atomic E-state index is -0.483. The van der Waals surface area contributed by atoms with Gasteiger partial charge in [0.25, 0.3) is 0 Å². The summed E-state index contributed by atoms with van der Waals surface area (Å²) in [6.07, 6.45) is 2.04. The average Bonchev–Trinajstić information content (AvgIpc) is 2.41. The lowest BCUT2D eigenvalue weighted by atomic mass is 9.84. The maximum absolute atomic E-state index is 12.1. The van der Waals surface area contributed by atoms with Crippen molar-refractivity contribution in [2.24, 2.45) is 0 Å². The Balaban J connectivity index is 2.68. The highest BCUT2D eigenvalue weighted by atomic mass is 16.5. The topological polar surface area (TPSA) is 60.4 Å². The molecule has 1 aliphatic carbocycles. The first-order valence-electron chi connectivity index (χ1n) is 6.16. The largest absolute Gasteiger partial charge is 0.463 e. The molecule has 0 unspecified atom stereocenters. The molecule has 19 heavy (non-hydrogen) atoms. The zero-order chi connectivity index (χ0) is 14.6. The van der Waals surface area contributed by atoms with Crippen molar-refractivity contribution in [1.82, 2.24) is 0 Å². The zero-order valence-electron chi connectivity index (χ0n) is 11.5. The minimum absolute atomic E-state index is 0.0739. The van der Waals surface area contributed by atoms with Crippen molar-refractivity contribution < 1.29 is 19.1 Å². The van der Waals surface area contributed by atoms with Crippen molar-refractivity contribution in [3.8, 4) is 0 Å². The molecular weight excluding hydrogens is 244 g/mol. The summed E-state index contributed by atoms with van der Waals surface area (Å²) >= 11 is 0. The van der Waals surface area contributed by atoms with Crippen LogP contribution in [0.25, 0.3) is 0 Å². The number of carbonyl (C=O) groups excluding carboxylic acids is 3. The van der Waals surface area contributed by atoms with Gasteiger partial charge in [-0.3, -0.25) is 9.59 Å². The van der Waals surface area contributed by atoms with E-state index in [1.165, 1.54) is 0 Å². The van der Waals surface area contributed by atoms with Crippen molar-refractivity contribution in [2.45, 2.75) is 33.6 Å². The lowest BCUT2D eigenvalue weighted by Gasteiger charge is -2.18. The highest BCUT2D eigenvalue weighted by molar-refractivity contribution is 6.24. The average molecular weight is 262 g/mol. The molecule has 0 amide bonds. The van der Waals surface area contributed by atoms with E-state index in [9.17, 15) is 14.4 Å². The maximum Gasteiger partial charge on any atom is 0.330 e. The van der Waals surface area contributed by atoms with Crippen LogP contribution in [0.3, 0.4) is 0 Å². The number of rotatable bonds is 5. The Hall–Kier alpha value is -1.97. The summed E-state index contributed by atoms with van der Waals surface area (Å²) in [5.41, 5.74) is 2.06. The van der Waals surface area contributed by atoms with Gasteiger partial charge in [0.05, 0.1) is 6.61 Å². The van der Waals surface area contributed by atoms with E-state index in [2.05, 4.69) is 6.58 Å². The van der Waals surface area contributed by atoms with Gasteiger partial charge in [-0.05, 0) is 33.6 Å². The number of hydrogen-bond donors (Lipinski definition) is 0. The van der Waals surface area contributed by atoms with Crippen molar-refractivity contribution in [3.63, 3.8) is 0 Å². The summed E-state index contributed by atoms with van der Waals surface area (Å²) in [7, 11) is 0. The Morgan fingerprint density at radius 2 is 1.68 bits per heavy atom. The Morgan fingerprint density at radius 1 is 1.11 bits per heavy atom. The van der Waals surface area contributed by atoms with Crippen molar-refractivity contribution in [1.29, 1.82) is 0 Å². The number of hydrogen-bond acceptors (Lipinski definition) is 4. The fourth-order valence-electron chi connectivity index (χ4n) is 1.94. The van der Waals surface area contributed by atoms with Crippen LogP contribution in [-0.4, -0.2) is 24.1 Å². The quantitative estimate of drug-likeness (QED) is 0.330. The fraction of sp³-hybridized carbons (Fsp3) is 0.400. The molecule has 1 aliphatic rings. The van der Waals surface area contributed by atoms with Crippen LogP contribution in [0.4, 0.5) is 0 Å². The molecule has 1 rings (SSSR count). The van der Waals surface area contributed by atoms with Gasteiger partial charge in [-0.25, -0.2) is 4.79 Å². The van der Waals surface area contributed by atoms with Gasteiger partial charge in [0.1, 0.15) is 0 Å². The molecule has 0 saturated carbocycles. The third kappa shape index (κ3) is 3.28. The Labute approximate surface area is 112 Å². The van der Waals surface area contributed by atoms with Gasteiger partial charge in [-0.1, -0.05) is 6.58 Å². The van der Waals surface area contributed by atoms with Gasteiger partial charge < -0.3 is 4.74 Å². The third-order valence-electron chi connectivity index (χ3n) is 3.29. The molecule has 0 bridgehead atoms. The summed E-state index contributed by atoms with van der Waals surface area (Å²) in [4.78, 5) is 34.9. The number of carbonyl (C=O) groups is 3. The normalized spacial score (nSPS) is 15.9. The summed E-state index contributed by atoms with van der Waals surface area (Å²) < 4.78 is 4.84. The molecule has 102 valence electrons. The third-order valence-corrected chi connectivity index (χ3v) is 3.29. The van der Waals surface area contributed by atoms with Crippen LogP contribution >= 0.6 is 0 Å². The fourth-order valence-corrected chi connectivity index (χ4v) is 1.94. The summed E-state index contributed by atoms with van der Waals surface area (Å²) in [6.45, 7) is 8.51. The SMILES string of the molecule is C=CC(=O)OCCCC1=C(C)C(=O)C(C)=C(C)C1=O. The molecule has 0 saturated heterocycles. The first-order valence-corrected chi connectivity index (χ1v) is 6.16. The summed E-state index contributed by atoms with van der Waals surface area (Å²) in [6, 6.07) is 0. The van der Waals surface area contributed by atoms with E-state index < -0.39 is 5.97 Å². The number of allylic oxidation sites excluding steroid dienone is 4. The first-order chi connectivity index (χ1) is 8.90. The number of ether oxygens (including phenoxy) is 1. The van der Waals surface area contributed by atoms with Gasteiger partial charge in [-0.15, -0.1) is 0 Å². The molecule has 0 aliphatic heterocycles. The molecule has 0 N–H and O–H groups in total. The number of Topliss-reactive ketones (excluding diaryl/α,β-unsaturated/α-hetero) is 2. The predicted octanol–water partition coefficient (Wildman–Crippen LogP) is 2.30. The monoisotopic (exact) mass is 262 g/mol. The molecule has 0 aromatic carbocycles. The molecule has 0 aromatic heterocycles. The van der Waals surface area contributed by atoms with Crippen LogP contribution in [0, 0.1) is 0 Å². The smallest absolute Gasteiger partial charge is 0.330 e. The van der Waals surface area contributed by atoms with E-state index in [-0.39, 0.29) is 18.2 Å². The maximum atomic E-state index is 12.1. The van der Waals surface area contributed by atoms with Crippen molar-refractivity contribution >= 4 is 17.5 Å². The van der Waals surface area contributed by atoms with E-state index >= 15 is 0 Å². The van der Waals surface area contributed by atoms with E-state index in [0.717, 1.165) is 6.08 Å². The van der Waals surface area contributed by atoms with Gasteiger partial charge in [0, 0.05) is 28.4 Å². The van der Waals surface area contributed by atoms with E-state index in [1.807, 2.05) is 0 Å². The molecule has 4 heteroatoms. The van der Waals surface area contributed by atoms with Crippen LogP contribution in [0.5, 0.6) is 0 Å². The van der Waals surface area contributed by atoms with Gasteiger partial charge in [-0.2, -0.15) is 0 Å². The second-order valence-corrected chi connectivity index (χ2v) is 4.49. The Morgan fingerprint density at radius 3 is 2.26 bits per heavy atom. The molecule has 0 spiro atoms. The summed E-state index contributed by atoms with van der Waals surface area (Å²) in [5, 5.41) is 0. The molecule has 0 atom stereocenters. The van der Waals surface area contributed by atoms with E-state index in [0.29, 0.717) is 35.1 Å². The summed E-state index contributed by atoms with van der Waals surface area (Å²) in [5.74, 6) is -0.636. The Bertz CT molecular complexity index is 506.